The summed E-state index contributed by atoms with van der Waals surface area (Å²) < 4.78 is 39.8. The van der Waals surface area contributed by atoms with E-state index in [9.17, 15) is 18.3 Å². The maximum atomic E-state index is 13.5. The zero-order valence-electron chi connectivity index (χ0n) is 9.49. The van der Waals surface area contributed by atoms with Crippen LogP contribution in [0.2, 0.25) is 0 Å². The molecule has 5 heteroatoms. The Labute approximate surface area is 102 Å². The number of halogens is 3. The molecule has 1 N–H and O–H groups in total. The predicted molar refractivity (Wildman–Crippen MR) is 59.4 cm³/mol. The number of aryl methyl sites for hydroxylation is 1. The molecular weight excluding hydrogens is 243 g/mol. The van der Waals surface area contributed by atoms with Gasteiger partial charge >= 0.3 is 0 Å². The van der Waals surface area contributed by atoms with Crippen LogP contribution in [0.15, 0.2) is 30.6 Å². The highest BCUT2D eigenvalue weighted by Crippen LogP contribution is 2.28. The minimum Gasteiger partial charge on any atom is -0.383 e. The summed E-state index contributed by atoms with van der Waals surface area (Å²) in [5.41, 5.74) is 0.343. The highest BCUT2D eigenvalue weighted by atomic mass is 19.1. The summed E-state index contributed by atoms with van der Waals surface area (Å²) in [4.78, 5) is 3.79. The first-order valence-electron chi connectivity index (χ1n) is 5.23. The molecule has 0 amide bonds. The van der Waals surface area contributed by atoms with E-state index in [4.69, 9.17) is 0 Å². The maximum absolute atomic E-state index is 13.5. The van der Waals surface area contributed by atoms with Crippen LogP contribution < -0.4 is 0 Å². The highest BCUT2D eigenvalue weighted by Gasteiger charge is 2.22. The molecule has 0 fully saturated rings. The van der Waals surface area contributed by atoms with Crippen molar-refractivity contribution < 1.29 is 18.3 Å². The summed E-state index contributed by atoms with van der Waals surface area (Å²) in [7, 11) is 0. The van der Waals surface area contributed by atoms with Gasteiger partial charge in [0.2, 0.25) is 0 Å². The Morgan fingerprint density at radius 2 is 1.78 bits per heavy atom. The van der Waals surface area contributed by atoms with Crippen molar-refractivity contribution in [2.75, 3.05) is 0 Å². The van der Waals surface area contributed by atoms with E-state index in [2.05, 4.69) is 4.98 Å². The molecule has 0 aliphatic rings. The molecule has 1 aromatic carbocycles. The van der Waals surface area contributed by atoms with Crippen molar-refractivity contribution in [3.05, 3.63) is 64.7 Å². The maximum Gasteiger partial charge on any atom is 0.135 e. The molecule has 0 radical (unpaired) electrons. The largest absolute Gasteiger partial charge is 0.383 e. The van der Waals surface area contributed by atoms with E-state index in [1.807, 2.05) is 0 Å². The third-order valence-electron chi connectivity index (χ3n) is 2.69. The Hall–Kier alpha value is -1.88. The second kappa shape index (κ2) is 4.78. The van der Waals surface area contributed by atoms with Gasteiger partial charge in [-0.1, -0.05) is 0 Å². The molecule has 0 aliphatic carbocycles. The van der Waals surface area contributed by atoms with Crippen molar-refractivity contribution in [1.82, 2.24) is 4.98 Å². The molecule has 0 spiro atoms. The van der Waals surface area contributed by atoms with Crippen LogP contribution in [0.3, 0.4) is 0 Å². The van der Waals surface area contributed by atoms with Crippen LogP contribution in [0.4, 0.5) is 13.2 Å². The summed E-state index contributed by atoms with van der Waals surface area (Å²) in [5.74, 6) is -3.27. The first kappa shape index (κ1) is 12.6. The number of hydrogen-bond donors (Lipinski definition) is 1. The van der Waals surface area contributed by atoms with Crippen LogP contribution in [0.5, 0.6) is 0 Å². The van der Waals surface area contributed by atoms with Gasteiger partial charge in [-0.15, -0.1) is 0 Å². The van der Waals surface area contributed by atoms with Crippen molar-refractivity contribution in [3.8, 4) is 0 Å². The first-order valence-corrected chi connectivity index (χ1v) is 5.23. The van der Waals surface area contributed by atoms with Crippen LogP contribution in [-0.4, -0.2) is 10.1 Å². The van der Waals surface area contributed by atoms with Crippen LogP contribution in [0.25, 0.3) is 0 Å². The van der Waals surface area contributed by atoms with Gasteiger partial charge in [-0.25, -0.2) is 13.2 Å². The number of hydrogen-bond acceptors (Lipinski definition) is 2. The lowest BCUT2D eigenvalue weighted by Crippen LogP contribution is -2.08. The Morgan fingerprint density at radius 3 is 2.33 bits per heavy atom. The average Bonchev–Trinajstić information content (AvgIpc) is 2.27. The van der Waals surface area contributed by atoms with Gasteiger partial charge in [0.15, 0.2) is 0 Å². The zero-order valence-corrected chi connectivity index (χ0v) is 9.49. The van der Waals surface area contributed by atoms with Gasteiger partial charge < -0.3 is 5.11 Å². The Kier molecular flexibility index (Phi) is 3.34. The number of aliphatic hydroxyl groups is 1. The molecule has 18 heavy (non-hydrogen) atoms. The van der Waals surface area contributed by atoms with Crippen molar-refractivity contribution >= 4 is 0 Å². The van der Waals surface area contributed by atoms with E-state index in [1.54, 1.807) is 13.0 Å². The standard InChI is InChI=1S/C13H10F3NO/c1-7-2-3-17-6-9(7)13(18)12-10(15)4-8(14)5-11(12)16/h2-6,13,18H,1H3. The first-order chi connectivity index (χ1) is 8.50. The zero-order chi connectivity index (χ0) is 13.3. The van der Waals surface area contributed by atoms with E-state index in [-0.39, 0.29) is 5.56 Å². The normalized spacial score (nSPS) is 12.5. The number of pyridine rings is 1. The van der Waals surface area contributed by atoms with Gasteiger partial charge in [-0.2, -0.15) is 0 Å². The van der Waals surface area contributed by atoms with E-state index in [1.165, 1.54) is 12.4 Å². The number of rotatable bonds is 2. The van der Waals surface area contributed by atoms with E-state index in [0.717, 1.165) is 0 Å². The molecule has 1 heterocycles. The highest BCUT2D eigenvalue weighted by molar-refractivity contribution is 5.34. The average molecular weight is 253 g/mol. The number of nitrogens with zero attached hydrogens (tertiary/aromatic N) is 1. The molecule has 0 saturated heterocycles. The van der Waals surface area contributed by atoms with E-state index < -0.39 is 29.1 Å². The number of aromatic nitrogens is 1. The van der Waals surface area contributed by atoms with Gasteiger partial charge in [-0.3, -0.25) is 4.98 Å². The molecule has 1 unspecified atom stereocenters. The number of aliphatic hydroxyl groups excluding tert-OH is 1. The summed E-state index contributed by atoms with van der Waals surface area (Å²) in [5, 5.41) is 9.98. The predicted octanol–water partition coefficient (Wildman–Crippen LogP) is 2.89. The van der Waals surface area contributed by atoms with Crippen LogP contribution in [-0.2, 0) is 0 Å². The van der Waals surface area contributed by atoms with Crippen LogP contribution in [0, 0.1) is 24.4 Å². The quantitative estimate of drug-likeness (QED) is 0.892. The molecular formula is C13H10F3NO. The van der Waals surface area contributed by atoms with Gasteiger partial charge in [0.25, 0.3) is 0 Å². The van der Waals surface area contributed by atoms with Gasteiger partial charge in [0.1, 0.15) is 23.6 Å². The minimum absolute atomic E-state index is 0.280. The summed E-state index contributed by atoms with van der Waals surface area (Å²) in [6, 6.07) is 2.68. The Morgan fingerprint density at radius 1 is 1.17 bits per heavy atom. The smallest absolute Gasteiger partial charge is 0.135 e. The Balaban J connectivity index is 2.53. The molecule has 2 nitrogen and oxygen atoms in total. The third-order valence-corrected chi connectivity index (χ3v) is 2.69. The molecule has 94 valence electrons. The molecule has 0 aliphatic heterocycles. The van der Waals surface area contributed by atoms with Crippen molar-refractivity contribution in [2.24, 2.45) is 0 Å². The van der Waals surface area contributed by atoms with Gasteiger partial charge in [-0.05, 0) is 18.6 Å². The van der Waals surface area contributed by atoms with Gasteiger partial charge in [0.05, 0.1) is 5.56 Å². The van der Waals surface area contributed by atoms with E-state index in [0.29, 0.717) is 17.7 Å². The van der Waals surface area contributed by atoms with Crippen molar-refractivity contribution in [1.29, 1.82) is 0 Å². The lowest BCUT2D eigenvalue weighted by Gasteiger charge is -2.15. The Bertz CT molecular complexity index is 563. The molecule has 0 saturated carbocycles. The van der Waals surface area contributed by atoms with Gasteiger partial charge in [0, 0.05) is 30.1 Å². The van der Waals surface area contributed by atoms with Crippen molar-refractivity contribution in [3.63, 3.8) is 0 Å². The fraction of sp³-hybridized carbons (Fsp3) is 0.154. The molecule has 2 aromatic rings. The van der Waals surface area contributed by atoms with Crippen LogP contribution >= 0.6 is 0 Å². The number of benzene rings is 1. The van der Waals surface area contributed by atoms with E-state index >= 15 is 0 Å². The van der Waals surface area contributed by atoms with Crippen molar-refractivity contribution in [2.45, 2.75) is 13.0 Å². The molecule has 0 bridgehead atoms. The summed E-state index contributed by atoms with van der Waals surface area (Å²) >= 11 is 0. The third kappa shape index (κ3) is 2.22. The lowest BCUT2D eigenvalue weighted by atomic mass is 9.98. The topological polar surface area (TPSA) is 33.1 Å². The second-order valence-corrected chi connectivity index (χ2v) is 3.92. The summed E-state index contributed by atoms with van der Waals surface area (Å²) in [6.07, 6.45) is 1.31. The molecule has 1 atom stereocenters. The minimum atomic E-state index is -1.51. The molecule has 1 aromatic heterocycles. The lowest BCUT2D eigenvalue weighted by molar-refractivity contribution is 0.207. The fourth-order valence-corrected chi connectivity index (χ4v) is 1.73. The fourth-order valence-electron chi connectivity index (χ4n) is 1.73. The second-order valence-electron chi connectivity index (χ2n) is 3.92. The monoisotopic (exact) mass is 253 g/mol. The van der Waals surface area contributed by atoms with Crippen LogP contribution in [0.1, 0.15) is 22.8 Å². The summed E-state index contributed by atoms with van der Waals surface area (Å²) in [6.45, 7) is 1.68. The molecule has 2 rings (SSSR count). The SMILES string of the molecule is Cc1ccncc1C(O)c1c(F)cc(F)cc1F.